The highest BCUT2D eigenvalue weighted by Crippen LogP contribution is 2.12. The third kappa shape index (κ3) is 3.68. The van der Waals surface area contributed by atoms with Gasteiger partial charge in [0, 0.05) is 52.0 Å². The lowest BCUT2D eigenvalue weighted by Crippen LogP contribution is -2.48. The maximum atomic E-state index is 4.16. The summed E-state index contributed by atoms with van der Waals surface area (Å²) in [6.45, 7) is 8.03. The SMILES string of the molecule is CC(CCN(C)c1cccnc1)N1CCNCC1. The van der Waals surface area contributed by atoms with Crippen molar-refractivity contribution in [3.05, 3.63) is 24.5 Å². The molecule has 1 saturated heterocycles. The molecule has 1 atom stereocenters. The lowest BCUT2D eigenvalue weighted by atomic mass is 10.1. The fourth-order valence-corrected chi connectivity index (χ4v) is 2.39. The van der Waals surface area contributed by atoms with Gasteiger partial charge < -0.3 is 10.2 Å². The molecule has 4 nitrogen and oxygen atoms in total. The summed E-state index contributed by atoms with van der Waals surface area (Å²) in [7, 11) is 2.14. The topological polar surface area (TPSA) is 31.4 Å². The second kappa shape index (κ2) is 6.71. The summed E-state index contributed by atoms with van der Waals surface area (Å²) in [6, 6.07) is 4.76. The van der Waals surface area contributed by atoms with Crippen molar-refractivity contribution < 1.29 is 0 Å². The number of hydrogen-bond donors (Lipinski definition) is 1. The highest BCUT2D eigenvalue weighted by atomic mass is 15.2. The molecule has 0 aromatic carbocycles. The van der Waals surface area contributed by atoms with Crippen molar-refractivity contribution in [2.75, 3.05) is 44.7 Å². The van der Waals surface area contributed by atoms with E-state index in [-0.39, 0.29) is 0 Å². The van der Waals surface area contributed by atoms with Crippen molar-refractivity contribution in [2.45, 2.75) is 19.4 Å². The Labute approximate surface area is 110 Å². The molecule has 1 aromatic rings. The van der Waals surface area contributed by atoms with Crippen molar-refractivity contribution >= 4 is 5.69 Å². The molecule has 0 radical (unpaired) electrons. The van der Waals surface area contributed by atoms with E-state index in [2.05, 4.69) is 40.1 Å². The smallest absolute Gasteiger partial charge is 0.0550 e. The molecule has 18 heavy (non-hydrogen) atoms. The van der Waals surface area contributed by atoms with Crippen molar-refractivity contribution in [1.29, 1.82) is 0 Å². The highest BCUT2D eigenvalue weighted by molar-refractivity contribution is 5.42. The molecule has 2 heterocycles. The van der Waals surface area contributed by atoms with Crippen LogP contribution in [-0.4, -0.2) is 55.7 Å². The zero-order chi connectivity index (χ0) is 12.8. The second-order valence-corrected chi connectivity index (χ2v) is 5.06. The second-order valence-electron chi connectivity index (χ2n) is 5.06. The summed E-state index contributed by atoms with van der Waals surface area (Å²) in [5.41, 5.74) is 1.20. The van der Waals surface area contributed by atoms with Crippen LogP contribution in [0, 0.1) is 0 Å². The van der Waals surface area contributed by atoms with Gasteiger partial charge in [0.2, 0.25) is 0 Å². The van der Waals surface area contributed by atoms with Gasteiger partial charge in [0.25, 0.3) is 0 Å². The van der Waals surface area contributed by atoms with Crippen molar-refractivity contribution in [2.24, 2.45) is 0 Å². The Morgan fingerprint density at radius 1 is 1.44 bits per heavy atom. The first-order valence-electron chi connectivity index (χ1n) is 6.83. The fourth-order valence-electron chi connectivity index (χ4n) is 2.39. The maximum absolute atomic E-state index is 4.16. The maximum Gasteiger partial charge on any atom is 0.0550 e. The molecule has 0 amide bonds. The van der Waals surface area contributed by atoms with Crippen LogP contribution < -0.4 is 10.2 Å². The summed E-state index contributed by atoms with van der Waals surface area (Å²) >= 11 is 0. The van der Waals surface area contributed by atoms with Crippen LogP contribution in [0.2, 0.25) is 0 Å². The molecular formula is C14H24N4. The van der Waals surface area contributed by atoms with Gasteiger partial charge in [-0.3, -0.25) is 9.88 Å². The molecule has 4 heteroatoms. The molecule has 1 N–H and O–H groups in total. The minimum absolute atomic E-state index is 0.659. The number of piperazine rings is 1. The summed E-state index contributed by atoms with van der Waals surface area (Å²) in [6.07, 6.45) is 4.95. The van der Waals surface area contributed by atoms with E-state index in [1.807, 2.05) is 18.5 Å². The van der Waals surface area contributed by atoms with Crippen LogP contribution in [0.4, 0.5) is 5.69 Å². The average molecular weight is 248 g/mol. The third-order valence-corrected chi connectivity index (χ3v) is 3.74. The standard InChI is InChI=1S/C14H24N4/c1-13(18-10-7-15-8-11-18)5-9-17(2)14-4-3-6-16-12-14/h3-4,6,12-13,15H,5,7-11H2,1-2H3. The molecule has 1 unspecified atom stereocenters. The summed E-state index contributed by atoms with van der Waals surface area (Å²) in [4.78, 5) is 9.02. The van der Waals surface area contributed by atoms with Crippen molar-refractivity contribution in [3.63, 3.8) is 0 Å². The van der Waals surface area contributed by atoms with Crippen LogP contribution in [0.25, 0.3) is 0 Å². The summed E-state index contributed by atoms with van der Waals surface area (Å²) in [5.74, 6) is 0. The van der Waals surface area contributed by atoms with Gasteiger partial charge in [-0.25, -0.2) is 0 Å². The van der Waals surface area contributed by atoms with Crippen LogP contribution in [0.5, 0.6) is 0 Å². The number of anilines is 1. The predicted octanol–water partition coefficient (Wildman–Crippen LogP) is 1.20. The van der Waals surface area contributed by atoms with Crippen LogP contribution in [0.15, 0.2) is 24.5 Å². The number of nitrogens with zero attached hydrogens (tertiary/aromatic N) is 3. The molecule has 1 aliphatic heterocycles. The van der Waals surface area contributed by atoms with Gasteiger partial charge in [0.05, 0.1) is 11.9 Å². The van der Waals surface area contributed by atoms with Gasteiger partial charge >= 0.3 is 0 Å². The van der Waals surface area contributed by atoms with Gasteiger partial charge in [-0.05, 0) is 25.5 Å². The molecule has 0 bridgehead atoms. The van der Waals surface area contributed by atoms with Gasteiger partial charge in [-0.2, -0.15) is 0 Å². The summed E-state index contributed by atoms with van der Waals surface area (Å²) in [5, 5.41) is 3.40. The molecule has 0 spiro atoms. The van der Waals surface area contributed by atoms with E-state index in [0.717, 1.165) is 19.6 Å². The largest absolute Gasteiger partial charge is 0.373 e. The zero-order valence-electron chi connectivity index (χ0n) is 11.5. The van der Waals surface area contributed by atoms with Crippen LogP contribution in [0.3, 0.4) is 0 Å². The van der Waals surface area contributed by atoms with Crippen molar-refractivity contribution in [1.82, 2.24) is 15.2 Å². The van der Waals surface area contributed by atoms with Crippen LogP contribution in [0.1, 0.15) is 13.3 Å². The van der Waals surface area contributed by atoms with E-state index in [1.165, 1.54) is 25.2 Å². The number of hydrogen-bond acceptors (Lipinski definition) is 4. The van der Waals surface area contributed by atoms with Crippen LogP contribution in [-0.2, 0) is 0 Å². The Bertz CT molecular complexity index is 335. The van der Waals surface area contributed by atoms with Gasteiger partial charge in [-0.1, -0.05) is 0 Å². The average Bonchev–Trinajstić information content (AvgIpc) is 2.46. The lowest BCUT2D eigenvalue weighted by Gasteiger charge is -2.33. The monoisotopic (exact) mass is 248 g/mol. The third-order valence-electron chi connectivity index (χ3n) is 3.74. The van der Waals surface area contributed by atoms with E-state index in [1.54, 1.807) is 0 Å². The molecule has 2 rings (SSSR count). The lowest BCUT2D eigenvalue weighted by molar-refractivity contribution is 0.178. The van der Waals surface area contributed by atoms with E-state index < -0.39 is 0 Å². The first kappa shape index (κ1) is 13.3. The predicted molar refractivity (Wildman–Crippen MR) is 76.0 cm³/mol. The van der Waals surface area contributed by atoms with E-state index in [4.69, 9.17) is 0 Å². The molecule has 0 aliphatic carbocycles. The molecule has 1 fully saturated rings. The molecule has 0 saturated carbocycles. The Balaban J connectivity index is 1.76. The number of aromatic nitrogens is 1. The Morgan fingerprint density at radius 3 is 2.89 bits per heavy atom. The van der Waals surface area contributed by atoms with Gasteiger partial charge in [0.15, 0.2) is 0 Å². The summed E-state index contributed by atoms with van der Waals surface area (Å²) < 4.78 is 0. The van der Waals surface area contributed by atoms with Crippen molar-refractivity contribution in [3.8, 4) is 0 Å². The van der Waals surface area contributed by atoms with Gasteiger partial charge in [0.1, 0.15) is 0 Å². The Morgan fingerprint density at radius 2 is 2.22 bits per heavy atom. The van der Waals surface area contributed by atoms with Crippen LogP contribution >= 0.6 is 0 Å². The Hall–Kier alpha value is -1.13. The number of pyridine rings is 1. The van der Waals surface area contributed by atoms with Gasteiger partial charge in [-0.15, -0.1) is 0 Å². The minimum Gasteiger partial charge on any atom is -0.373 e. The normalized spacial score (nSPS) is 18.6. The molecule has 1 aromatic heterocycles. The minimum atomic E-state index is 0.659. The van der Waals surface area contributed by atoms with E-state index in [0.29, 0.717) is 6.04 Å². The number of rotatable bonds is 5. The molecular weight excluding hydrogens is 224 g/mol. The Kier molecular flexibility index (Phi) is 4.96. The zero-order valence-corrected chi connectivity index (χ0v) is 11.5. The molecule has 100 valence electrons. The van der Waals surface area contributed by atoms with E-state index in [9.17, 15) is 0 Å². The first-order chi connectivity index (χ1) is 8.77. The number of nitrogens with one attached hydrogen (secondary N) is 1. The van der Waals surface area contributed by atoms with E-state index >= 15 is 0 Å². The molecule has 1 aliphatic rings. The quantitative estimate of drug-likeness (QED) is 0.848. The fraction of sp³-hybridized carbons (Fsp3) is 0.643. The highest BCUT2D eigenvalue weighted by Gasteiger charge is 2.16. The first-order valence-corrected chi connectivity index (χ1v) is 6.83.